The highest BCUT2D eigenvalue weighted by atomic mass is 16.6. The van der Waals surface area contributed by atoms with Gasteiger partial charge >= 0.3 is 5.97 Å². The second kappa shape index (κ2) is 13.7. The Labute approximate surface area is 243 Å². The molecular weight excluding hydrogens is 558 g/mol. The van der Waals surface area contributed by atoms with E-state index in [-0.39, 0.29) is 33.9 Å². The topological polar surface area (TPSA) is 183 Å². The second-order valence-corrected chi connectivity index (χ2v) is 8.66. The first-order valence-electron chi connectivity index (χ1n) is 12.4. The van der Waals surface area contributed by atoms with E-state index in [0.717, 1.165) is 0 Å². The number of hydrazone groups is 1. The van der Waals surface area contributed by atoms with Crippen molar-refractivity contribution in [3.8, 4) is 5.75 Å². The normalized spacial score (nSPS) is 11.0. The van der Waals surface area contributed by atoms with Crippen molar-refractivity contribution >= 4 is 41.4 Å². The quantitative estimate of drug-likeness (QED) is 0.0679. The van der Waals surface area contributed by atoms with Crippen LogP contribution in [-0.2, 0) is 4.79 Å². The number of nitro benzene ring substituents is 2. The number of benzene rings is 4. The highest BCUT2D eigenvalue weighted by Gasteiger charge is 2.16. The van der Waals surface area contributed by atoms with Crippen LogP contribution in [0.1, 0.15) is 31.8 Å². The van der Waals surface area contributed by atoms with Gasteiger partial charge in [0.15, 0.2) is 0 Å². The number of amides is 2. The smallest absolute Gasteiger partial charge is 0.343 e. The van der Waals surface area contributed by atoms with E-state index in [1.165, 1.54) is 66.9 Å². The molecule has 4 rings (SSSR count). The number of nitrogens with zero attached hydrogens (tertiary/aromatic N) is 3. The number of non-ortho nitro benzene ring substituents is 2. The van der Waals surface area contributed by atoms with Crippen LogP contribution in [0.25, 0.3) is 6.08 Å². The first-order valence-corrected chi connectivity index (χ1v) is 12.4. The van der Waals surface area contributed by atoms with Crippen LogP contribution in [0.15, 0.2) is 114 Å². The molecule has 13 nitrogen and oxygen atoms in total. The monoisotopic (exact) mass is 579 g/mol. The summed E-state index contributed by atoms with van der Waals surface area (Å²) in [6.07, 6.45) is 2.55. The standard InChI is InChI=1S/C30H21N5O8/c36-28(21-6-2-1-3-7-21)32-26(18-20-10-14-24(15-11-20)34(39)40)29(37)33-31-19-23-8-4-5-9-27(23)43-30(38)22-12-16-25(17-13-22)35(41)42/h1-19H,(H,32,36)(H,33,37). The molecule has 0 aliphatic heterocycles. The van der Waals surface area contributed by atoms with Gasteiger partial charge in [-0.3, -0.25) is 29.8 Å². The van der Waals surface area contributed by atoms with Gasteiger partial charge in [-0.2, -0.15) is 5.10 Å². The summed E-state index contributed by atoms with van der Waals surface area (Å²) in [7, 11) is 0. The molecule has 0 fully saturated rings. The number of carbonyl (C=O) groups excluding carboxylic acids is 3. The zero-order valence-electron chi connectivity index (χ0n) is 22.1. The van der Waals surface area contributed by atoms with E-state index in [1.807, 2.05) is 0 Å². The Morgan fingerprint density at radius 1 is 0.721 bits per heavy atom. The van der Waals surface area contributed by atoms with Crippen LogP contribution in [0.4, 0.5) is 11.4 Å². The third kappa shape index (κ3) is 8.02. The average Bonchev–Trinajstić information content (AvgIpc) is 3.02. The Balaban J connectivity index is 1.51. The molecule has 2 amide bonds. The van der Waals surface area contributed by atoms with E-state index >= 15 is 0 Å². The van der Waals surface area contributed by atoms with E-state index in [0.29, 0.717) is 11.1 Å². The Morgan fingerprint density at radius 3 is 1.93 bits per heavy atom. The highest BCUT2D eigenvalue weighted by Crippen LogP contribution is 2.19. The molecule has 4 aromatic carbocycles. The fraction of sp³-hybridized carbons (Fsp3) is 0. The molecule has 43 heavy (non-hydrogen) atoms. The lowest BCUT2D eigenvalue weighted by Gasteiger charge is -2.10. The third-order valence-electron chi connectivity index (χ3n) is 5.75. The number of ether oxygens (including phenoxy) is 1. The molecule has 0 bridgehead atoms. The first kappa shape index (κ1) is 29.5. The average molecular weight is 580 g/mol. The lowest BCUT2D eigenvalue weighted by molar-refractivity contribution is -0.385. The van der Waals surface area contributed by atoms with Crippen molar-refractivity contribution in [2.24, 2.45) is 5.10 Å². The van der Waals surface area contributed by atoms with Gasteiger partial charge in [0.05, 0.1) is 21.6 Å². The van der Waals surface area contributed by atoms with Crippen LogP contribution in [-0.4, -0.2) is 33.8 Å². The molecule has 0 saturated heterocycles. The van der Waals surface area contributed by atoms with Crippen LogP contribution in [0.5, 0.6) is 5.75 Å². The predicted octanol–water partition coefficient (Wildman–Crippen LogP) is 4.64. The van der Waals surface area contributed by atoms with Crippen molar-refractivity contribution in [2.75, 3.05) is 0 Å². The number of esters is 1. The molecule has 0 aliphatic carbocycles. The van der Waals surface area contributed by atoms with Crippen LogP contribution >= 0.6 is 0 Å². The van der Waals surface area contributed by atoms with Gasteiger partial charge in [0.25, 0.3) is 23.2 Å². The molecule has 0 spiro atoms. The first-order chi connectivity index (χ1) is 20.7. The summed E-state index contributed by atoms with van der Waals surface area (Å²) < 4.78 is 5.41. The van der Waals surface area contributed by atoms with Gasteiger partial charge in [-0.25, -0.2) is 10.2 Å². The fourth-order valence-corrected chi connectivity index (χ4v) is 3.58. The molecule has 0 aliphatic rings. The summed E-state index contributed by atoms with van der Waals surface area (Å²) in [6.45, 7) is 0. The molecule has 0 heterocycles. The number of nitrogens with one attached hydrogen (secondary N) is 2. The maximum absolute atomic E-state index is 13.1. The summed E-state index contributed by atoms with van der Waals surface area (Å²) >= 11 is 0. The SMILES string of the molecule is O=C(NN=Cc1ccccc1OC(=O)c1ccc([N+](=O)[O-])cc1)C(=Cc1ccc([N+](=O)[O-])cc1)NC(=O)c1ccccc1. The summed E-state index contributed by atoms with van der Waals surface area (Å²) in [5, 5.41) is 28.3. The lowest BCUT2D eigenvalue weighted by Crippen LogP contribution is -2.32. The molecule has 0 atom stereocenters. The van der Waals surface area contributed by atoms with Gasteiger partial charge in [0.1, 0.15) is 11.4 Å². The second-order valence-electron chi connectivity index (χ2n) is 8.66. The summed E-state index contributed by atoms with van der Waals surface area (Å²) in [5.41, 5.74) is 2.87. The van der Waals surface area contributed by atoms with Crippen molar-refractivity contribution in [1.29, 1.82) is 0 Å². The minimum Gasteiger partial charge on any atom is -0.422 e. The molecule has 13 heteroatoms. The summed E-state index contributed by atoms with van der Waals surface area (Å²) in [4.78, 5) is 59.1. The van der Waals surface area contributed by atoms with Crippen molar-refractivity contribution in [3.63, 3.8) is 0 Å². The number of carbonyl (C=O) groups is 3. The third-order valence-corrected chi connectivity index (χ3v) is 5.75. The van der Waals surface area contributed by atoms with Gasteiger partial charge in [0.2, 0.25) is 0 Å². The van der Waals surface area contributed by atoms with Crippen LogP contribution in [0.3, 0.4) is 0 Å². The maximum atomic E-state index is 13.1. The number of para-hydroxylation sites is 1. The molecular formula is C30H21N5O8. The molecule has 214 valence electrons. The number of nitro groups is 2. The van der Waals surface area contributed by atoms with Crippen molar-refractivity contribution < 1.29 is 29.0 Å². The molecule has 0 radical (unpaired) electrons. The zero-order valence-corrected chi connectivity index (χ0v) is 22.1. The van der Waals surface area contributed by atoms with E-state index < -0.39 is 27.6 Å². The van der Waals surface area contributed by atoms with Gasteiger partial charge in [-0.1, -0.05) is 30.3 Å². The molecule has 2 N–H and O–H groups in total. The Hall–Kier alpha value is -6.50. The molecule has 4 aromatic rings. The van der Waals surface area contributed by atoms with Crippen LogP contribution < -0.4 is 15.5 Å². The van der Waals surface area contributed by atoms with Crippen LogP contribution in [0.2, 0.25) is 0 Å². The fourth-order valence-electron chi connectivity index (χ4n) is 3.58. The Morgan fingerprint density at radius 2 is 1.30 bits per heavy atom. The molecule has 0 unspecified atom stereocenters. The van der Waals surface area contributed by atoms with Crippen molar-refractivity contribution in [3.05, 3.63) is 151 Å². The number of rotatable bonds is 10. The summed E-state index contributed by atoms with van der Waals surface area (Å²) in [6, 6.07) is 24.7. The highest BCUT2D eigenvalue weighted by molar-refractivity contribution is 6.05. The number of hydrogen-bond donors (Lipinski definition) is 2. The largest absolute Gasteiger partial charge is 0.422 e. The maximum Gasteiger partial charge on any atom is 0.343 e. The van der Waals surface area contributed by atoms with Gasteiger partial charge < -0.3 is 10.1 Å². The van der Waals surface area contributed by atoms with Crippen molar-refractivity contribution in [1.82, 2.24) is 10.7 Å². The van der Waals surface area contributed by atoms with E-state index in [4.69, 9.17) is 4.74 Å². The lowest BCUT2D eigenvalue weighted by atomic mass is 10.1. The predicted molar refractivity (Wildman–Crippen MR) is 155 cm³/mol. The minimum atomic E-state index is -0.806. The Kier molecular flexibility index (Phi) is 9.41. The van der Waals surface area contributed by atoms with Crippen LogP contribution in [0, 0.1) is 20.2 Å². The van der Waals surface area contributed by atoms with Gasteiger partial charge in [0, 0.05) is 35.4 Å². The van der Waals surface area contributed by atoms with Gasteiger partial charge in [-0.05, 0) is 60.2 Å². The Bertz CT molecular complexity index is 1730. The molecule has 0 aromatic heterocycles. The van der Waals surface area contributed by atoms with Gasteiger partial charge in [-0.15, -0.1) is 0 Å². The zero-order chi connectivity index (χ0) is 30.8. The van der Waals surface area contributed by atoms with E-state index in [2.05, 4.69) is 15.8 Å². The van der Waals surface area contributed by atoms with E-state index in [9.17, 15) is 34.6 Å². The molecule has 0 saturated carbocycles. The number of hydrogen-bond acceptors (Lipinski definition) is 9. The summed E-state index contributed by atoms with van der Waals surface area (Å²) in [5.74, 6) is -2.05. The minimum absolute atomic E-state index is 0.0841. The van der Waals surface area contributed by atoms with E-state index in [1.54, 1.807) is 48.5 Å². The van der Waals surface area contributed by atoms with Crippen molar-refractivity contribution in [2.45, 2.75) is 0 Å².